The molecule has 0 aliphatic rings. The fourth-order valence-electron chi connectivity index (χ4n) is 1.30. The highest BCUT2D eigenvalue weighted by Gasteiger charge is 2.21. The van der Waals surface area contributed by atoms with Crippen LogP contribution in [0.2, 0.25) is 0 Å². The predicted octanol–water partition coefficient (Wildman–Crippen LogP) is 3.48. The third-order valence-corrected chi connectivity index (χ3v) is 3.42. The molecule has 3 nitrogen and oxygen atoms in total. The van der Waals surface area contributed by atoms with Crippen molar-refractivity contribution in [3.05, 3.63) is 29.8 Å². The number of aromatic carboxylic acids is 1. The summed E-state index contributed by atoms with van der Waals surface area (Å²) in [6, 6.07) is 6.91. The normalized spacial score (nSPS) is 11.6. The Bertz CT molecular complexity index is 397. The van der Waals surface area contributed by atoms with E-state index < -0.39 is 5.97 Å². The van der Waals surface area contributed by atoms with Crippen LogP contribution in [0.25, 0.3) is 0 Å². The highest BCUT2D eigenvalue weighted by atomic mass is 16.4. The van der Waals surface area contributed by atoms with Gasteiger partial charge >= 0.3 is 5.97 Å². The van der Waals surface area contributed by atoms with Crippen molar-refractivity contribution in [3.8, 4) is 0 Å². The molecule has 0 atom stereocenters. The van der Waals surface area contributed by atoms with Crippen molar-refractivity contribution in [2.24, 2.45) is 11.3 Å². The van der Waals surface area contributed by atoms with Crippen LogP contribution in [0.3, 0.4) is 0 Å². The molecule has 2 N–H and O–H groups in total. The van der Waals surface area contributed by atoms with E-state index in [2.05, 4.69) is 33.0 Å². The minimum Gasteiger partial charge on any atom is -0.478 e. The molecule has 1 aromatic rings. The third kappa shape index (κ3) is 3.77. The van der Waals surface area contributed by atoms with E-state index in [1.165, 1.54) is 0 Å². The third-order valence-electron chi connectivity index (χ3n) is 3.42. The molecule has 0 aliphatic carbocycles. The second-order valence-electron chi connectivity index (χ2n) is 5.38. The van der Waals surface area contributed by atoms with Gasteiger partial charge in [-0.2, -0.15) is 0 Å². The predicted molar refractivity (Wildman–Crippen MR) is 70.5 cm³/mol. The standard InChI is InChI=1S/C14H21NO2/c1-10(2)14(3,4)9-15-12-7-5-6-11(8-12)13(16)17/h5-8,10,15H,9H2,1-4H3,(H,16,17). The van der Waals surface area contributed by atoms with E-state index in [9.17, 15) is 4.79 Å². The van der Waals surface area contributed by atoms with Crippen LogP contribution in [0, 0.1) is 11.3 Å². The lowest BCUT2D eigenvalue weighted by Gasteiger charge is -2.29. The van der Waals surface area contributed by atoms with Crippen LogP contribution in [0.15, 0.2) is 24.3 Å². The number of nitrogens with one attached hydrogen (secondary N) is 1. The van der Waals surface area contributed by atoms with Gasteiger partial charge in [0.2, 0.25) is 0 Å². The zero-order valence-electron chi connectivity index (χ0n) is 10.9. The molecule has 1 rings (SSSR count). The molecule has 0 bridgehead atoms. The largest absolute Gasteiger partial charge is 0.478 e. The van der Waals surface area contributed by atoms with E-state index in [4.69, 9.17) is 5.11 Å². The maximum absolute atomic E-state index is 10.8. The average molecular weight is 235 g/mol. The first-order chi connectivity index (χ1) is 7.83. The Morgan fingerprint density at radius 2 is 2.06 bits per heavy atom. The molecule has 0 amide bonds. The van der Waals surface area contributed by atoms with Gasteiger partial charge in [-0.3, -0.25) is 0 Å². The minimum absolute atomic E-state index is 0.180. The van der Waals surface area contributed by atoms with Crippen molar-refractivity contribution in [1.29, 1.82) is 0 Å². The van der Waals surface area contributed by atoms with Crippen LogP contribution in [0.1, 0.15) is 38.1 Å². The van der Waals surface area contributed by atoms with E-state index in [1.807, 2.05) is 6.07 Å². The van der Waals surface area contributed by atoms with Crippen molar-refractivity contribution in [3.63, 3.8) is 0 Å². The molecular formula is C14H21NO2. The van der Waals surface area contributed by atoms with Gasteiger partial charge in [0, 0.05) is 12.2 Å². The van der Waals surface area contributed by atoms with Crippen LogP contribution in [-0.2, 0) is 0 Å². The molecule has 1 aromatic carbocycles. The van der Waals surface area contributed by atoms with Gasteiger partial charge in [-0.15, -0.1) is 0 Å². The number of carboxylic acids is 1. The smallest absolute Gasteiger partial charge is 0.335 e. The first-order valence-corrected chi connectivity index (χ1v) is 5.90. The minimum atomic E-state index is -0.892. The number of rotatable bonds is 5. The molecule has 0 radical (unpaired) electrons. The number of anilines is 1. The molecule has 0 saturated heterocycles. The first-order valence-electron chi connectivity index (χ1n) is 5.90. The average Bonchev–Trinajstić information content (AvgIpc) is 2.26. The summed E-state index contributed by atoms with van der Waals surface area (Å²) >= 11 is 0. The second-order valence-corrected chi connectivity index (χ2v) is 5.38. The number of hydrogen-bond donors (Lipinski definition) is 2. The lowest BCUT2D eigenvalue weighted by Crippen LogP contribution is -2.28. The molecule has 0 aromatic heterocycles. The van der Waals surface area contributed by atoms with Crippen molar-refractivity contribution in [2.75, 3.05) is 11.9 Å². The van der Waals surface area contributed by atoms with E-state index in [1.54, 1.807) is 18.2 Å². The molecule has 0 spiro atoms. The Morgan fingerprint density at radius 1 is 1.41 bits per heavy atom. The summed E-state index contributed by atoms with van der Waals surface area (Å²) in [5.74, 6) is -0.325. The van der Waals surface area contributed by atoms with Crippen LogP contribution >= 0.6 is 0 Å². The highest BCUT2D eigenvalue weighted by Crippen LogP contribution is 2.26. The number of hydrogen-bond acceptors (Lipinski definition) is 2. The van der Waals surface area contributed by atoms with Crippen LogP contribution in [0.5, 0.6) is 0 Å². The molecule has 17 heavy (non-hydrogen) atoms. The number of carboxylic acid groups (broad SMARTS) is 1. The van der Waals surface area contributed by atoms with E-state index in [-0.39, 0.29) is 5.41 Å². The van der Waals surface area contributed by atoms with Crippen LogP contribution in [-0.4, -0.2) is 17.6 Å². The molecule has 0 aliphatic heterocycles. The molecule has 0 saturated carbocycles. The molecule has 0 unspecified atom stereocenters. The highest BCUT2D eigenvalue weighted by molar-refractivity contribution is 5.88. The Balaban J connectivity index is 2.70. The fourth-order valence-corrected chi connectivity index (χ4v) is 1.30. The first kappa shape index (κ1) is 13.6. The van der Waals surface area contributed by atoms with Crippen molar-refractivity contribution < 1.29 is 9.90 Å². The summed E-state index contributed by atoms with van der Waals surface area (Å²) < 4.78 is 0. The maximum Gasteiger partial charge on any atom is 0.335 e. The van der Waals surface area contributed by atoms with Gasteiger partial charge in [0.25, 0.3) is 0 Å². The van der Waals surface area contributed by atoms with Crippen molar-refractivity contribution >= 4 is 11.7 Å². The van der Waals surface area contributed by atoms with Gasteiger partial charge in [0.1, 0.15) is 0 Å². The maximum atomic E-state index is 10.8. The van der Waals surface area contributed by atoms with E-state index in [0.717, 1.165) is 12.2 Å². The zero-order valence-corrected chi connectivity index (χ0v) is 10.9. The van der Waals surface area contributed by atoms with Crippen LogP contribution < -0.4 is 5.32 Å². The zero-order chi connectivity index (χ0) is 13.1. The van der Waals surface area contributed by atoms with Gasteiger partial charge < -0.3 is 10.4 Å². The van der Waals surface area contributed by atoms with Crippen molar-refractivity contribution in [2.45, 2.75) is 27.7 Å². The Hall–Kier alpha value is -1.51. The van der Waals surface area contributed by atoms with E-state index in [0.29, 0.717) is 11.5 Å². The topological polar surface area (TPSA) is 49.3 Å². The van der Waals surface area contributed by atoms with Gasteiger partial charge in [0.05, 0.1) is 5.56 Å². The summed E-state index contributed by atoms with van der Waals surface area (Å²) in [7, 11) is 0. The fraction of sp³-hybridized carbons (Fsp3) is 0.500. The lowest BCUT2D eigenvalue weighted by molar-refractivity contribution is 0.0697. The molecule has 3 heteroatoms. The van der Waals surface area contributed by atoms with Gasteiger partial charge in [-0.05, 0) is 29.5 Å². The Labute approximate surface area is 103 Å². The summed E-state index contributed by atoms with van der Waals surface area (Å²) in [5, 5.41) is 12.2. The summed E-state index contributed by atoms with van der Waals surface area (Å²) in [5.41, 5.74) is 1.36. The molecule has 0 heterocycles. The molecular weight excluding hydrogens is 214 g/mol. The SMILES string of the molecule is CC(C)C(C)(C)CNc1cccc(C(=O)O)c1. The lowest BCUT2D eigenvalue weighted by atomic mass is 9.81. The second kappa shape index (κ2) is 5.21. The molecule has 0 fully saturated rings. The monoisotopic (exact) mass is 235 g/mol. The van der Waals surface area contributed by atoms with Gasteiger partial charge in [-0.1, -0.05) is 33.8 Å². The summed E-state index contributed by atoms with van der Waals surface area (Å²) in [4.78, 5) is 10.8. The van der Waals surface area contributed by atoms with E-state index >= 15 is 0 Å². The number of carbonyl (C=O) groups is 1. The van der Waals surface area contributed by atoms with Crippen molar-refractivity contribution in [1.82, 2.24) is 0 Å². The number of benzene rings is 1. The quantitative estimate of drug-likeness (QED) is 0.821. The summed E-state index contributed by atoms with van der Waals surface area (Å²) in [6.45, 7) is 9.61. The van der Waals surface area contributed by atoms with Crippen LogP contribution in [0.4, 0.5) is 5.69 Å². The van der Waals surface area contributed by atoms with Gasteiger partial charge in [0.15, 0.2) is 0 Å². The summed E-state index contributed by atoms with van der Waals surface area (Å²) in [6.07, 6.45) is 0. The Morgan fingerprint density at radius 3 is 2.59 bits per heavy atom. The Kier molecular flexibility index (Phi) is 4.16. The molecule has 94 valence electrons. The van der Waals surface area contributed by atoms with Gasteiger partial charge in [-0.25, -0.2) is 4.79 Å².